The lowest BCUT2D eigenvalue weighted by Gasteiger charge is -2.02. The van der Waals surface area contributed by atoms with Gasteiger partial charge < -0.3 is 14.6 Å². The highest BCUT2D eigenvalue weighted by atomic mass is 16.5. The number of rotatable bonds is 4. The predicted octanol–water partition coefficient (Wildman–Crippen LogP) is 0.0419. The standard InChI is InChI=1S/C11H13N5O3/c1-15-7-12-4-9(15)11(18)14-8-3-13-16(5-8)6-10(17)19-2/h3-5,7H,6H2,1-2H3,(H,14,18). The highest BCUT2D eigenvalue weighted by Crippen LogP contribution is 2.07. The molecule has 8 nitrogen and oxygen atoms in total. The summed E-state index contributed by atoms with van der Waals surface area (Å²) in [6.45, 7) is -0.00190. The number of nitrogens with one attached hydrogen (secondary N) is 1. The summed E-state index contributed by atoms with van der Waals surface area (Å²) in [7, 11) is 3.03. The van der Waals surface area contributed by atoms with E-state index in [1.165, 1.54) is 30.5 Å². The normalized spacial score (nSPS) is 10.2. The average molecular weight is 263 g/mol. The number of amides is 1. The van der Waals surface area contributed by atoms with Crippen molar-refractivity contribution in [2.75, 3.05) is 12.4 Å². The molecule has 0 spiro atoms. The van der Waals surface area contributed by atoms with E-state index in [0.29, 0.717) is 11.4 Å². The van der Waals surface area contributed by atoms with Gasteiger partial charge in [0.2, 0.25) is 0 Å². The molecule has 2 aromatic rings. The first-order valence-corrected chi connectivity index (χ1v) is 5.47. The molecule has 0 fully saturated rings. The van der Waals surface area contributed by atoms with Crippen LogP contribution in [-0.2, 0) is 23.1 Å². The molecule has 0 aliphatic carbocycles. The fraction of sp³-hybridized carbons (Fsp3) is 0.273. The van der Waals surface area contributed by atoms with Crippen LogP contribution in [0.5, 0.6) is 0 Å². The van der Waals surface area contributed by atoms with E-state index in [4.69, 9.17) is 0 Å². The van der Waals surface area contributed by atoms with E-state index in [1.807, 2.05) is 0 Å². The van der Waals surface area contributed by atoms with Crippen LogP contribution in [0.1, 0.15) is 10.5 Å². The average Bonchev–Trinajstić information content (AvgIpc) is 2.98. The van der Waals surface area contributed by atoms with E-state index >= 15 is 0 Å². The Hall–Kier alpha value is -2.64. The number of hydrogen-bond acceptors (Lipinski definition) is 5. The Morgan fingerprint density at radius 3 is 2.84 bits per heavy atom. The number of aromatic nitrogens is 4. The fourth-order valence-electron chi connectivity index (χ4n) is 1.48. The van der Waals surface area contributed by atoms with Crippen molar-refractivity contribution in [2.24, 2.45) is 7.05 Å². The molecule has 0 radical (unpaired) electrons. The summed E-state index contributed by atoms with van der Waals surface area (Å²) in [6.07, 6.45) is 6.01. The maximum Gasteiger partial charge on any atom is 0.327 e. The van der Waals surface area contributed by atoms with Crippen LogP contribution >= 0.6 is 0 Å². The second-order valence-corrected chi connectivity index (χ2v) is 3.85. The zero-order valence-electron chi connectivity index (χ0n) is 10.5. The molecule has 1 amide bonds. The highest BCUT2D eigenvalue weighted by Gasteiger charge is 2.11. The molecule has 8 heteroatoms. The molecule has 0 aliphatic heterocycles. The molecule has 0 saturated carbocycles. The van der Waals surface area contributed by atoms with E-state index in [2.05, 4.69) is 20.1 Å². The molecule has 0 bridgehead atoms. The van der Waals surface area contributed by atoms with Gasteiger partial charge in [-0.05, 0) is 0 Å². The number of esters is 1. The van der Waals surface area contributed by atoms with Gasteiger partial charge in [0, 0.05) is 13.2 Å². The van der Waals surface area contributed by atoms with Gasteiger partial charge in [0.15, 0.2) is 0 Å². The van der Waals surface area contributed by atoms with Crippen molar-refractivity contribution in [3.05, 3.63) is 30.6 Å². The second-order valence-electron chi connectivity index (χ2n) is 3.85. The van der Waals surface area contributed by atoms with E-state index in [0.717, 1.165) is 0 Å². The zero-order chi connectivity index (χ0) is 13.8. The van der Waals surface area contributed by atoms with Gasteiger partial charge in [-0.25, -0.2) is 4.98 Å². The van der Waals surface area contributed by atoms with Crippen LogP contribution in [0, 0.1) is 0 Å². The monoisotopic (exact) mass is 263 g/mol. The number of anilines is 1. The van der Waals surface area contributed by atoms with Gasteiger partial charge in [-0.3, -0.25) is 14.3 Å². The summed E-state index contributed by atoms with van der Waals surface area (Å²) in [5.41, 5.74) is 0.927. The molecule has 2 rings (SSSR count). The molecule has 0 atom stereocenters. The Balaban J connectivity index is 2.02. The third-order valence-electron chi connectivity index (χ3n) is 2.46. The molecule has 0 aromatic carbocycles. The van der Waals surface area contributed by atoms with Crippen LogP contribution in [0.15, 0.2) is 24.9 Å². The number of imidazole rings is 1. The number of aryl methyl sites for hydroxylation is 1. The molecule has 1 N–H and O–H groups in total. The van der Waals surface area contributed by atoms with E-state index < -0.39 is 5.97 Å². The van der Waals surface area contributed by atoms with Gasteiger partial charge in [-0.15, -0.1) is 0 Å². The van der Waals surface area contributed by atoms with E-state index in [9.17, 15) is 9.59 Å². The second kappa shape index (κ2) is 5.34. The van der Waals surface area contributed by atoms with Gasteiger partial charge in [0.05, 0.1) is 31.5 Å². The molecule has 100 valence electrons. The number of hydrogen-bond donors (Lipinski definition) is 1. The van der Waals surface area contributed by atoms with Crippen molar-refractivity contribution in [3.8, 4) is 0 Å². The zero-order valence-corrected chi connectivity index (χ0v) is 10.5. The Labute approximate surface area is 109 Å². The minimum Gasteiger partial charge on any atom is -0.468 e. The molecule has 0 aliphatic rings. The van der Waals surface area contributed by atoms with E-state index in [1.54, 1.807) is 17.8 Å². The molecular formula is C11H13N5O3. The maximum absolute atomic E-state index is 11.9. The van der Waals surface area contributed by atoms with Crippen molar-refractivity contribution in [1.82, 2.24) is 19.3 Å². The van der Waals surface area contributed by atoms with Crippen LogP contribution in [0.2, 0.25) is 0 Å². The van der Waals surface area contributed by atoms with Crippen molar-refractivity contribution in [2.45, 2.75) is 6.54 Å². The largest absolute Gasteiger partial charge is 0.468 e. The van der Waals surface area contributed by atoms with Crippen LogP contribution in [0.4, 0.5) is 5.69 Å². The smallest absolute Gasteiger partial charge is 0.327 e. The van der Waals surface area contributed by atoms with Crippen LogP contribution < -0.4 is 5.32 Å². The van der Waals surface area contributed by atoms with E-state index in [-0.39, 0.29) is 12.5 Å². The molecule has 0 saturated heterocycles. The number of ether oxygens (including phenoxy) is 1. The van der Waals surface area contributed by atoms with Crippen molar-refractivity contribution < 1.29 is 14.3 Å². The fourth-order valence-corrected chi connectivity index (χ4v) is 1.48. The van der Waals surface area contributed by atoms with Gasteiger partial charge >= 0.3 is 5.97 Å². The third kappa shape index (κ3) is 2.97. The van der Waals surface area contributed by atoms with Gasteiger partial charge in [0.25, 0.3) is 5.91 Å². The number of carbonyl (C=O) groups is 2. The Bertz CT molecular complexity index is 601. The molecule has 2 heterocycles. The summed E-state index contributed by atoms with van der Waals surface area (Å²) in [5.74, 6) is -0.703. The molecule has 0 unspecified atom stereocenters. The summed E-state index contributed by atoms with van der Waals surface area (Å²) < 4.78 is 7.51. The first-order valence-electron chi connectivity index (χ1n) is 5.47. The SMILES string of the molecule is COC(=O)Cn1cc(NC(=O)c2cncn2C)cn1. The van der Waals surface area contributed by atoms with Gasteiger partial charge in [0.1, 0.15) is 12.2 Å². The van der Waals surface area contributed by atoms with Gasteiger partial charge in [-0.1, -0.05) is 0 Å². The summed E-state index contributed by atoms with van der Waals surface area (Å²) in [4.78, 5) is 26.8. The minimum atomic E-state index is -0.410. The quantitative estimate of drug-likeness (QED) is 0.786. The Kier molecular flexibility index (Phi) is 3.60. The lowest BCUT2D eigenvalue weighted by Crippen LogP contribution is -2.15. The number of methoxy groups -OCH3 is 1. The first kappa shape index (κ1) is 12.8. The van der Waals surface area contributed by atoms with Crippen LogP contribution in [0.3, 0.4) is 0 Å². The highest BCUT2D eigenvalue weighted by molar-refractivity contribution is 6.02. The molecule has 19 heavy (non-hydrogen) atoms. The number of carbonyl (C=O) groups excluding carboxylic acids is 2. The topological polar surface area (TPSA) is 91.0 Å². The predicted molar refractivity (Wildman–Crippen MR) is 65.4 cm³/mol. The molecular weight excluding hydrogens is 250 g/mol. The number of nitrogens with zero attached hydrogens (tertiary/aromatic N) is 4. The molecule has 2 aromatic heterocycles. The van der Waals surface area contributed by atoms with Crippen molar-refractivity contribution >= 4 is 17.6 Å². The minimum absolute atomic E-state index is 0.00190. The van der Waals surface area contributed by atoms with Crippen LogP contribution in [-0.4, -0.2) is 38.3 Å². The van der Waals surface area contributed by atoms with Crippen LogP contribution in [0.25, 0.3) is 0 Å². The van der Waals surface area contributed by atoms with Crippen molar-refractivity contribution in [1.29, 1.82) is 0 Å². The summed E-state index contributed by atoms with van der Waals surface area (Å²) >= 11 is 0. The first-order chi connectivity index (χ1) is 9.10. The van der Waals surface area contributed by atoms with Crippen molar-refractivity contribution in [3.63, 3.8) is 0 Å². The summed E-state index contributed by atoms with van der Waals surface area (Å²) in [6, 6.07) is 0. The van der Waals surface area contributed by atoms with Gasteiger partial charge in [-0.2, -0.15) is 5.10 Å². The Morgan fingerprint density at radius 2 is 2.21 bits per heavy atom. The Morgan fingerprint density at radius 1 is 1.42 bits per heavy atom. The lowest BCUT2D eigenvalue weighted by molar-refractivity contribution is -0.141. The lowest BCUT2D eigenvalue weighted by atomic mass is 10.4. The third-order valence-corrected chi connectivity index (χ3v) is 2.46. The maximum atomic E-state index is 11.9. The summed E-state index contributed by atoms with van der Waals surface area (Å²) in [5, 5.41) is 6.60.